The van der Waals surface area contributed by atoms with Crippen molar-refractivity contribution in [3.8, 4) is 0 Å². The van der Waals surface area contributed by atoms with Crippen LogP contribution in [-0.4, -0.2) is 33.6 Å². The number of ether oxygens (including phenoxy) is 1. The molecular weight excluding hydrogens is 314 g/mol. The van der Waals surface area contributed by atoms with Crippen molar-refractivity contribution in [1.82, 2.24) is 5.32 Å². The summed E-state index contributed by atoms with van der Waals surface area (Å²) in [5, 5.41) is 2.79. The first kappa shape index (κ1) is 16.3. The van der Waals surface area contributed by atoms with Gasteiger partial charge in [0.25, 0.3) is 15.0 Å². The molecule has 0 saturated heterocycles. The lowest BCUT2D eigenvalue weighted by molar-refractivity contribution is -0.0679. The average molecular weight is 332 g/mol. The van der Waals surface area contributed by atoms with E-state index in [4.69, 9.17) is 15.4 Å². The van der Waals surface area contributed by atoms with Crippen molar-refractivity contribution in [3.63, 3.8) is 0 Å². The van der Waals surface area contributed by atoms with E-state index in [1.807, 2.05) is 0 Å². The van der Waals surface area contributed by atoms with Crippen molar-refractivity contribution in [1.29, 1.82) is 0 Å². The van der Waals surface area contributed by atoms with Gasteiger partial charge in [-0.2, -0.15) is 0 Å². The van der Waals surface area contributed by atoms with Crippen LogP contribution in [0, 0.1) is 6.92 Å². The van der Waals surface area contributed by atoms with Gasteiger partial charge in [-0.1, -0.05) is 6.07 Å². The normalized spacial score (nSPS) is 17.1. The molecule has 2 rings (SSSR count). The Hall–Kier alpha value is -1.11. The Labute approximate surface area is 129 Å². The molecule has 1 aromatic carbocycles. The van der Waals surface area contributed by atoms with E-state index in [0.717, 1.165) is 19.3 Å². The predicted molar refractivity (Wildman–Crippen MR) is 80.1 cm³/mol. The van der Waals surface area contributed by atoms with Crippen molar-refractivity contribution < 1.29 is 17.9 Å². The highest BCUT2D eigenvalue weighted by Gasteiger charge is 2.37. The van der Waals surface area contributed by atoms with Crippen molar-refractivity contribution in [3.05, 3.63) is 29.3 Å². The molecule has 21 heavy (non-hydrogen) atoms. The van der Waals surface area contributed by atoms with Crippen molar-refractivity contribution in [2.75, 3.05) is 13.7 Å². The van der Waals surface area contributed by atoms with E-state index in [0.29, 0.717) is 12.1 Å². The lowest BCUT2D eigenvalue weighted by atomic mass is 9.80. The average Bonchev–Trinajstić information content (AvgIpc) is 2.37. The summed E-state index contributed by atoms with van der Waals surface area (Å²) in [5.74, 6) is -0.333. The van der Waals surface area contributed by atoms with Crippen LogP contribution in [0.4, 0.5) is 0 Å². The van der Waals surface area contributed by atoms with Gasteiger partial charge in [-0.05, 0) is 43.9 Å². The smallest absolute Gasteiger partial charge is 0.261 e. The van der Waals surface area contributed by atoms with Crippen LogP contribution >= 0.6 is 10.7 Å². The van der Waals surface area contributed by atoms with Crippen LogP contribution in [0.1, 0.15) is 35.2 Å². The van der Waals surface area contributed by atoms with Crippen LogP contribution in [0.25, 0.3) is 0 Å². The first-order chi connectivity index (χ1) is 9.77. The molecule has 0 aliphatic heterocycles. The Kier molecular flexibility index (Phi) is 4.60. The van der Waals surface area contributed by atoms with Crippen LogP contribution < -0.4 is 5.32 Å². The monoisotopic (exact) mass is 331 g/mol. The quantitative estimate of drug-likeness (QED) is 0.840. The number of carbonyl (C=O) groups is 1. The van der Waals surface area contributed by atoms with Gasteiger partial charge in [-0.25, -0.2) is 8.42 Å². The molecule has 1 aliphatic rings. The van der Waals surface area contributed by atoms with Gasteiger partial charge < -0.3 is 10.1 Å². The number of hydrogen-bond acceptors (Lipinski definition) is 4. The largest absolute Gasteiger partial charge is 0.376 e. The maximum atomic E-state index is 12.1. The minimum absolute atomic E-state index is 0.0399. The van der Waals surface area contributed by atoms with Gasteiger partial charge in [0, 0.05) is 29.9 Å². The number of methoxy groups -OCH3 is 1. The highest BCUT2D eigenvalue weighted by atomic mass is 35.7. The Morgan fingerprint density at radius 2 is 2.10 bits per heavy atom. The Bertz CT molecular complexity index is 647. The molecule has 0 atom stereocenters. The zero-order valence-electron chi connectivity index (χ0n) is 12.0. The summed E-state index contributed by atoms with van der Waals surface area (Å²) >= 11 is 0. The molecule has 116 valence electrons. The molecule has 0 spiro atoms. The first-order valence-electron chi connectivity index (χ1n) is 6.66. The highest BCUT2D eigenvalue weighted by molar-refractivity contribution is 8.13. The molecule has 7 heteroatoms. The van der Waals surface area contributed by atoms with E-state index in [1.165, 1.54) is 6.07 Å². The van der Waals surface area contributed by atoms with Crippen LogP contribution in [0.15, 0.2) is 23.1 Å². The van der Waals surface area contributed by atoms with Crippen LogP contribution in [0.2, 0.25) is 0 Å². The van der Waals surface area contributed by atoms with Gasteiger partial charge in [-0.3, -0.25) is 4.79 Å². The molecule has 5 nitrogen and oxygen atoms in total. The zero-order valence-corrected chi connectivity index (χ0v) is 13.6. The van der Waals surface area contributed by atoms with Crippen LogP contribution in [0.5, 0.6) is 0 Å². The number of rotatable bonds is 5. The SMILES string of the molecule is COC1(CNC(=O)c2ccc(C)c(S(=O)(=O)Cl)c2)CCC1. The molecule has 1 amide bonds. The van der Waals surface area contributed by atoms with Gasteiger partial charge in [-0.15, -0.1) is 0 Å². The first-order valence-corrected chi connectivity index (χ1v) is 8.97. The molecule has 0 bridgehead atoms. The van der Waals surface area contributed by atoms with Crippen molar-refractivity contribution in [2.45, 2.75) is 36.7 Å². The van der Waals surface area contributed by atoms with Gasteiger partial charge in [0.1, 0.15) is 0 Å². The fraction of sp³-hybridized carbons (Fsp3) is 0.500. The molecule has 0 radical (unpaired) electrons. The van der Waals surface area contributed by atoms with Gasteiger partial charge in [0.15, 0.2) is 0 Å². The second-order valence-electron chi connectivity index (χ2n) is 5.34. The second kappa shape index (κ2) is 5.94. The molecule has 0 unspecified atom stereocenters. The molecule has 1 fully saturated rings. The van der Waals surface area contributed by atoms with Gasteiger partial charge in [0.05, 0.1) is 10.5 Å². The number of amides is 1. The Morgan fingerprint density at radius 1 is 1.43 bits per heavy atom. The summed E-state index contributed by atoms with van der Waals surface area (Å²) < 4.78 is 28.3. The van der Waals surface area contributed by atoms with E-state index in [9.17, 15) is 13.2 Å². The lowest BCUT2D eigenvalue weighted by Gasteiger charge is -2.40. The molecule has 0 heterocycles. The fourth-order valence-electron chi connectivity index (χ4n) is 2.37. The maximum Gasteiger partial charge on any atom is 0.261 e. The highest BCUT2D eigenvalue weighted by Crippen LogP contribution is 2.34. The van der Waals surface area contributed by atoms with E-state index in [1.54, 1.807) is 26.2 Å². The maximum absolute atomic E-state index is 12.1. The van der Waals surface area contributed by atoms with Gasteiger partial charge >= 0.3 is 0 Å². The number of hydrogen-bond donors (Lipinski definition) is 1. The molecule has 0 aromatic heterocycles. The van der Waals surface area contributed by atoms with E-state index in [2.05, 4.69) is 5.32 Å². The third kappa shape index (κ3) is 3.56. The summed E-state index contributed by atoms with van der Waals surface area (Å²) in [4.78, 5) is 12.1. The van der Waals surface area contributed by atoms with Gasteiger partial charge in [0.2, 0.25) is 0 Å². The van der Waals surface area contributed by atoms with E-state index < -0.39 is 9.05 Å². The van der Waals surface area contributed by atoms with Crippen LogP contribution in [-0.2, 0) is 13.8 Å². The summed E-state index contributed by atoms with van der Waals surface area (Å²) in [6.45, 7) is 2.05. The Morgan fingerprint density at radius 3 is 2.57 bits per heavy atom. The molecular formula is C14H18ClNO4S. The van der Waals surface area contributed by atoms with E-state index in [-0.39, 0.29) is 22.0 Å². The number of halogens is 1. The van der Waals surface area contributed by atoms with E-state index >= 15 is 0 Å². The topological polar surface area (TPSA) is 72.5 Å². The summed E-state index contributed by atoms with van der Waals surface area (Å²) in [5.41, 5.74) is 0.501. The number of aryl methyl sites for hydroxylation is 1. The number of carbonyl (C=O) groups excluding carboxylic acids is 1. The second-order valence-corrected chi connectivity index (χ2v) is 7.88. The zero-order chi connectivity index (χ0) is 15.7. The molecule has 1 aromatic rings. The van der Waals surface area contributed by atoms with Crippen molar-refractivity contribution >= 4 is 25.6 Å². The minimum Gasteiger partial charge on any atom is -0.376 e. The summed E-state index contributed by atoms with van der Waals surface area (Å²) in [6.07, 6.45) is 2.92. The van der Waals surface area contributed by atoms with Crippen LogP contribution in [0.3, 0.4) is 0 Å². The standard InChI is InChI=1S/C14H18ClNO4S/c1-10-4-5-11(8-12(10)21(15,18)19)13(17)16-9-14(20-2)6-3-7-14/h4-5,8H,3,6-7,9H2,1-2H3,(H,16,17). The molecule has 1 N–H and O–H groups in total. The summed E-state index contributed by atoms with van der Waals surface area (Å²) in [6, 6.07) is 4.45. The lowest BCUT2D eigenvalue weighted by Crippen LogP contribution is -2.49. The Balaban J connectivity index is 2.13. The fourth-order valence-corrected chi connectivity index (χ4v) is 3.59. The molecule has 1 saturated carbocycles. The predicted octanol–water partition coefficient (Wildman–Crippen LogP) is 2.22. The molecule has 1 aliphatic carbocycles. The number of nitrogens with one attached hydrogen (secondary N) is 1. The van der Waals surface area contributed by atoms with Crippen molar-refractivity contribution in [2.24, 2.45) is 0 Å². The summed E-state index contributed by atoms with van der Waals surface area (Å²) in [7, 11) is 3.14. The minimum atomic E-state index is -3.86. The number of benzene rings is 1. The third-order valence-electron chi connectivity index (χ3n) is 3.98. The third-order valence-corrected chi connectivity index (χ3v) is 5.45.